The van der Waals surface area contributed by atoms with Crippen LogP contribution in [0.5, 0.6) is 0 Å². The molecule has 22 heavy (non-hydrogen) atoms. The van der Waals surface area contributed by atoms with Crippen molar-refractivity contribution in [1.82, 2.24) is 24.6 Å². The van der Waals surface area contributed by atoms with Crippen LogP contribution in [0.25, 0.3) is 0 Å². The van der Waals surface area contributed by atoms with Gasteiger partial charge in [-0.25, -0.2) is 9.67 Å². The van der Waals surface area contributed by atoms with Crippen molar-refractivity contribution in [2.75, 3.05) is 18.4 Å². The molecule has 0 saturated carbocycles. The number of nitrogens with zero attached hydrogens (tertiary/aromatic N) is 4. The Labute approximate surface area is 131 Å². The molecule has 0 aromatic carbocycles. The molecule has 6 nitrogen and oxygen atoms in total. The van der Waals surface area contributed by atoms with E-state index in [1.807, 2.05) is 19.3 Å². The molecule has 2 aromatic rings. The maximum atomic E-state index is 4.54. The number of nitrogens with one attached hydrogen (secondary N) is 2. The summed E-state index contributed by atoms with van der Waals surface area (Å²) < 4.78 is 4.18. The fraction of sp³-hybridized carbons (Fsp3) is 0.625. The van der Waals surface area contributed by atoms with Crippen LogP contribution in [-0.4, -0.2) is 32.4 Å². The molecule has 3 rings (SSSR count). The van der Waals surface area contributed by atoms with Crippen LogP contribution >= 0.6 is 0 Å². The van der Waals surface area contributed by atoms with Crippen molar-refractivity contribution in [3.8, 4) is 0 Å². The summed E-state index contributed by atoms with van der Waals surface area (Å²) in [5, 5.41) is 11.7. The van der Waals surface area contributed by atoms with Gasteiger partial charge in [-0.15, -0.1) is 0 Å². The van der Waals surface area contributed by atoms with Crippen molar-refractivity contribution in [1.29, 1.82) is 0 Å². The number of imidazole rings is 1. The highest BCUT2D eigenvalue weighted by Crippen LogP contribution is 2.22. The second kappa shape index (κ2) is 6.12. The Morgan fingerprint density at radius 3 is 2.95 bits per heavy atom. The second-order valence-electron chi connectivity index (χ2n) is 6.63. The van der Waals surface area contributed by atoms with Crippen LogP contribution in [0.4, 0.5) is 5.82 Å². The lowest BCUT2D eigenvalue weighted by atomic mass is 10.0. The van der Waals surface area contributed by atoms with Crippen molar-refractivity contribution >= 4 is 5.82 Å². The van der Waals surface area contributed by atoms with E-state index in [4.69, 9.17) is 0 Å². The Morgan fingerprint density at radius 2 is 2.27 bits per heavy atom. The zero-order chi connectivity index (χ0) is 15.7. The number of aromatic nitrogens is 4. The second-order valence-corrected chi connectivity index (χ2v) is 6.63. The van der Waals surface area contributed by atoms with Crippen molar-refractivity contribution in [3.05, 3.63) is 30.0 Å². The Balaban J connectivity index is 1.63. The van der Waals surface area contributed by atoms with Crippen LogP contribution in [0.2, 0.25) is 0 Å². The van der Waals surface area contributed by atoms with Crippen LogP contribution in [0.15, 0.2) is 18.5 Å². The minimum atomic E-state index is 0.278. The normalized spacial score (nSPS) is 19.0. The van der Waals surface area contributed by atoms with Gasteiger partial charge in [0.1, 0.15) is 11.6 Å². The van der Waals surface area contributed by atoms with Gasteiger partial charge in [-0.1, -0.05) is 13.8 Å². The molecule has 0 fully saturated rings. The fourth-order valence-electron chi connectivity index (χ4n) is 3.12. The van der Waals surface area contributed by atoms with Crippen molar-refractivity contribution in [3.63, 3.8) is 0 Å². The monoisotopic (exact) mass is 302 g/mol. The molecule has 0 saturated heterocycles. The first-order valence-electron chi connectivity index (χ1n) is 8.03. The first-order chi connectivity index (χ1) is 10.5. The molecule has 1 aliphatic rings. The van der Waals surface area contributed by atoms with Crippen LogP contribution < -0.4 is 10.6 Å². The Hall–Kier alpha value is -1.82. The highest BCUT2D eigenvalue weighted by Gasteiger charge is 2.23. The molecule has 1 aliphatic heterocycles. The molecule has 0 radical (unpaired) electrons. The number of aryl methyl sites for hydroxylation is 2. The highest BCUT2D eigenvalue weighted by molar-refractivity contribution is 5.38. The van der Waals surface area contributed by atoms with E-state index in [1.54, 1.807) is 0 Å². The number of hydrogen-bond acceptors (Lipinski definition) is 4. The average Bonchev–Trinajstić information content (AvgIpc) is 3.03. The summed E-state index contributed by atoms with van der Waals surface area (Å²) in [5.41, 5.74) is 1.07. The average molecular weight is 302 g/mol. The molecule has 0 spiro atoms. The third-order valence-electron chi connectivity index (χ3n) is 4.33. The smallest absolute Gasteiger partial charge is 0.125 e. The molecule has 0 bridgehead atoms. The van der Waals surface area contributed by atoms with Crippen molar-refractivity contribution in [2.45, 2.75) is 33.4 Å². The lowest BCUT2D eigenvalue weighted by molar-refractivity contribution is 0.326. The number of hydrogen-bond donors (Lipinski definition) is 2. The molecule has 2 N–H and O–H groups in total. The van der Waals surface area contributed by atoms with Crippen molar-refractivity contribution in [2.24, 2.45) is 18.9 Å². The van der Waals surface area contributed by atoms with Crippen LogP contribution in [0.3, 0.4) is 0 Å². The Bertz CT molecular complexity index is 626. The summed E-state index contributed by atoms with van der Waals surface area (Å²) in [5.74, 6) is 3.28. The minimum Gasteiger partial charge on any atom is -0.370 e. The molecule has 6 heteroatoms. The topological polar surface area (TPSA) is 59.7 Å². The van der Waals surface area contributed by atoms with E-state index in [2.05, 4.69) is 56.9 Å². The summed E-state index contributed by atoms with van der Waals surface area (Å²) in [6.45, 7) is 9.43. The van der Waals surface area contributed by atoms with E-state index in [-0.39, 0.29) is 6.04 Å². The van der Waals surface area contributed by atoms with Crippen LogP contribution in [0.1, 0.15) is 31.4 Å². The van der Waals surface area contributed by atoms with Gasteiger partial charge >= 0.3 is 0 Å². The van der Waals surface area contributed by atoms with Gasteiger partial charge in [0.05, 0.1) is 11.7 Å². The third kappa shape index (κ3) is 3.02. The van der Waals surface area contributed by atoms with Crippen molar-refractivity contribution < 1.29 is 0 Å². The minimum absolute atomic E-state index is 0.278. The van der Waals surface area contributed by atoms with E-state index in [0.717, 1.165) is 37.0 Å². The maximum absolute atomic E-state index is 4.54. The van der Waals surface area contributed by atoms with Gasteiger partial charge in [-0.2, -0.15) is 5.10 Å². The lowest BCUT2D eigenvalue weighted by Crippen LogP contribution is -2.38. The van der Waals surface area contributed by atoms with Gasteiger partial charge in [0.25, 0.3) is 0 Å². The summed E-state index contributed by atoms with van der Waals surface area (Å²) in [4.78, 5) is 4.51. The molecule has 0 amide bonds. The molecule has 3 heterocycles. The lowest BCUT2D eigenvalue weighted by Gasteiger charge is -2.28. The van der Waals surface area contributed by atoms with Gasteiger partial charge in [-0.3, -0.25) is 0 Å². The van der Waals surface area contributed by atoms with Gasteiger partial charge in [-0.05, 0) is 12.8 Å². The van der Waals surface area contributed by atoms with Crippen LogP contribution in [-0.2, 0) is 13.6 Å². The molecule has 2 atom stereocenters. The predicted molar refractivity (Wildman–Crippen MR) is 87.7 cm³/mol. The first-order valence-corrected chi connectivity index (χ1v) is 8.03. The molecular formula is C16H26N6. The largest absolute Gasteiger partial charge is 0.370 e. The van der Waals surface area contributed by atoms with Gasteiger partial charge in [0.2, 0.25) is 0 Å². The summed E-state index contributed by atoms with van der Waals surface area (Å²) in [6, 6.07) is 2.38. The number of anilines is 1. The third-order valence-corrected chi connectivity index (χ3v) is 4.33. The summed E-state index contributed by atoms with van der Waals surface area (Å²) >= 11 is 0. The molecule has 120 valence electrons. The van der Waals surface area contributed by atoms with E-state index in [9.17, 15) is 0 Å². The first kappa shape index (κ1) is 15.1. The zero-order valence-electron chi connectivity index (χ0n) is 13.9. The molecule has 2 aromatic heterocycles. The summed E-state index contributed by atoms with van der Waals surface area (Å²) in [6.07, 6.45) is 3.88. The highest BCUT2D eigenvalue weighted by atomic mass is 15.3. The molecular weight excluding hydrogens is 276 g/mol. The quantitative estimate of drug-likeness (QED) is 0.886. The number of rotatable bonds is 5. The van der Waals surface area contributed by atoms with Gasteiger partial charge < -0.3 is 15.2 Å². The van der Waals surface area contributed by atoms with E-state index in [1.165, 1.54) is 0 Å². The molecule has 0 aliphatic carbocycles. The van der Waals surface area contributed by atoms with Crippen LogP contribution in [0, 0.1) is 18.8 Å². The zero-order valence-corrected chi connectivity index (χ0v) is 13.9. The predicted octanol–water partition coefficient (Wildman–Crippen LogP) is 1.95. The summed E-state index contributed by atoms with van der Waals surface area (Å²) in [7, 11) is 2.06. The van der Waals surface area contributed by atoms with Gasteiger partial charge in [0, 0.05) is 51.1 Å². The Kier molecular flexibility index (Phi) is 4.20. The van der Waals surface area contributed by atoms with E-state index < -0.39 is 0 Å². The standard InChI is InChI=1S/C16H26N6/c1-11(2)15(16-17-5-6-21(16)4)19-9-13-8-18-14-7-12(3)20-22(14)10-13/h5-7,11,13,15,18-19H,8-10H2,1-4H3/t13-,15-/m1/s1. The fourth-order valence-corrected chi connectivity index (χ4v) is 3.12. The number of fused-ring (bicyclic) bond motifs is 1. The van der Waals surface area contributed by atoms with Gasteiger partial charge in [0.15, 0.2) is 0 Å². The van der Waals surface area contributed by atoms with E-state index in [0.29, 0.717) is 11.8 Å². The van der Waals surface area contributed by atoms with E-state index >= 15 is 0 Å². The maximum Gasteiger partial charge on any atom is 0.125 e. The Morgan fingerprint density at radius 1 is 1.45 bits per heavy atom. The SMILES string of the molecule is Cc1cc2n(n1)C[C@@H](CN[C@@H](c1nccn1C)C(C)C)CN2. The molecule has 0 unspecified atom stereocenters.